The quantitative estimate of drug-likeness (QED) is 0.940. The second-order valence-electron chi connectivity index (χ2n) is 5.42. The van der Waals surface area contributed by atoms with Crippen LogP contribution in [-0.2, 0) is 10.0 Å². The number of sulfonamides is 1. The van der Waals surface area contributed by atoms with Crippen molar-refractivity contribution in [1.82, 2.24) is 4.72 Å². The van der Waals surface area contributed by atoms with Crippen LogP contribution in [0.5, 0.6) is 0 Å². The fourth-order valence-corrected chi connectivity index (χ4v) is 3.90. The average Bonchev–Trinajstić information content (AvgIpc) is 3.20. The Morgan fingerprint density at radius 1 is 1.05 bits per heavy atom. The number of hydrogen-bond donors (Lipinski definition) is 1. The van der Waals surface area contributed by atoms with Gasteiger partial charge in [-0.2, -0.15) is 0 Å². The number of nitrogens with one attached hydrogen (secondary N) is 1. The van der Waals surface area contributed by atoms with E-state index in [4.69, 9.17) is 0 Å². The first-order valence-electron chi connectivity index (χ1n) is 6.70. The molecule has 1 fully saturated rings. The van der Waals surface area contributed by atoms with Gasteiger partial charge in [-0.05, 0) is 25.0 Å². The van der Waals surface area contributed by atoms with E-state index in [-0.39, 0.29) is 6.04 Å². The molecule has 0 spiro atoms. The summed E-state index contributed by atoms with van der Waals surface area (Å²) in [5, 5.41) is 1.73. The number of anilines is 1. The third kappa shape index (κ3) is 2.39. The van der Waals surface area contributed by atoms with Crippen LogP contribution < -0.4 is 9.62 Å². The highest BCUT2D eigenvalue weighted by Crippen LogP contribution is 2.31. The smallest absolute Gasteiger partial charge is 0.241 e. The van der Waals surface area contributed by atoms with Crippen molar-refractivity contribution in [3.8, 4) is 0 Å². The zero-order valence-corrected chi connectivity index (χ0v) is 12.4. The third-order valence-electron chi connectivity index (χ3n) is 3.53. The van der Waals surface area contributed by atoms with Crippen molar-refractivity contribution < 1.29 is 8.42 Å². The molecule has 1 saturated carbocycles. The van der Waals surface area contributed by atoms with Gasteiger partial charge >= 0.3 is 0 Å². The first kappa shape index (κ1) is 13.4. The van der Waals surface area contributed by atoms with Gasteiger partial charge in [0, 0.05) is 36.6 Å². The van der Waals surface area contributed by atoms with E-state index in [0.717, 1.165) is 29.3 Å². The first-order chi connectivity index (χ1) is 9.49. The maximum atomic E-state index is 12.5. The molecule has 0 atom stereocenters. The maximum absolute atomic E-state index is 12.5. The summed E-state index contributed by atoms with van der Waals surface area (Å²) in [6.07, 6.45) is 1.87. The summed E-state index contributed by atoms with van der Waals surface area (Å²) in [6, 6.07) is 11.3. The van der Waals surface area contributed by atoms with Crippen molar-refractivity contribution in [3.63, 3.8) is 0 Å². The second kappa shape index (κ2) is 4.75. The summed E-state index contributed by atoms with van der Waals surface area (Å²) in [5.41, 5.74) is 1.02. The molecule has 1 N–H and O–H groups in total. The number of hydrogen-bond acceptors (Lipinski definition) is 3. The number of benzene rings is 2. The lowest BCUT2D eigenvalue weighted by Crippen LogP contribution is -2.25. The molecule has 5 heteroatoms. The van der Waals surface area contributed by atoms with E-state index in [1.807, 2.05) is 43.3 Å². The maximum Gasteiger partial charge on any atom is 0.241 e. The molecular formula is C15H18N2O2S. The van der Waals surface area contributed by atoms with Gasteiger partial charge in [-0.15, -0.1) is 0 Å². The van der Waals surface area contributed by atoms with E-state index in [1.54, 1.807) is 12.1 Å². The standard InChI is InChI=1S/C15H18N2O2S/c1-17(2)14-7-3-6-13-12(14)5-4-8-15(13)20(18,19)16-11-9-10-11/h3-8,11,16H,9-10H2,1-2H3. The molecule has 0 saturated heterocycles. The lowest BCUT2D eigenvalue weighted by molar-refractivity contribution is 0.582. The number of rotatable bonds is 4. The van der Waals surface area contributed by atoms with E-state index in [0.29, 0.717) is 4.90 Å². The minimum atomic E-state index is -3.43. The van der Waals surface area contributed by atoms with Crippen molar-refractivity contribution in [3.05, 3.63) is 36.4 Å². The van der Waals surface area contributed by atoms with Gasteiger partial charge in [0.25, 0.3) is 0 Å². The summed E-state index contributed by atoms with van der Waals surface area (Å²) < 4.78 is 27.7. The Labute approximate surface area is 119 Å². The molecule has 0 aromatic heterocycles. The van der Waals surface area contributed by atoms with Crippen LogP contribution >= 0.6 is 0 Å². The summed E-state index contributed by atoms with van der Waals surface area (Å²) in [5.74, 6) is 0. The topological polar surface area (TPSA) is 49.4 Å². The molecule has 4 nitrogen and oxygen atoms in total. The number of fused-ring (bicyclic) bond motifs is 1. The lowest BCUT2D eigenvalue weighted by atomic mass is 10.1. The Hall–Kier alpha value is -1.59. The molecule has 1 aliphatic carbocycles. The van der Waals surface area contributed by atoms with E-state index in [1.165, 1.54) is 0 Å². The lowest BCUT2D eigenvalue weighted by Gasteiger charge is -2.17. The molecule has 1 aliphatic rings. The van der Waals surface area contributed by atoms with Gasteiger partial charge in [-0.1, -0.05) is 24.3 Å². The molecule has 2 aromatic carbocycles. The third-order valence-corrected chi connectivity index (χ3v) is 5.11. The second-order valence-corrected chi connectivity index (χ2v) is 7.10. The highest BCUT2D eigenvalue weighted by atomic mass is 32.2. The minimum absolute atomic E-state index is 0.118. The fourth-order valence-electron chi connectivity index (χ4n) is 2.37. The SMILES string of the molecule is CN(C)c1cccc2c(S(=O)(=O)NC3CC3)cccc12. The van der Waals surface area contributed by atoms with Crippen LogP contribution in [0.2, 0.25) is 0 Å². The molecule has 0 heterocycles. The zero-order chi connectivity index (χ0) is 14.3. The van der Waals surface area contributed by atoms with E-state index >= 15 is 0 Å². The average molecular weight is 290 g/mol. The molecule has 0 bridgehead atoms. The van der Waals surface area contributed by atoms with Gasteiger partial charge < -0.3 is 4.90 Å². The monoisotopic (exact) mass is 290 g/mol. The van der Waals surface area contributed by atoms with Gasteiger partial charge in [0.05, 0.1) is 4.90 Å². The van der Waals surface area contributed by atoms with Crippen molar-refractivity contribution in [2.75, 3.05) is 19.0 Å². The minimum Gasteiger partial charge on any atom is -0.377 e. The van der Waals surface area contributed by atoms with Gasteiger partial charge in [0.15, 0.2) is 0 Å². The van der Waals surface area contributed by atoms with Crippen molar-refractivity contribution in [1.29, 1.82) is 0 Å². The first-order valence-corrected chi connectivity index (χ1v) is 8.19. The van der Waals surface area contributed by atoms with Crippen LogP contribution in [0.15, 0.2) is 41.3 Å². The van der Waals surface area contributed by atoms with E-state index in [9.17, 15) is 8.42 Å². The molecule has 106 valence electrons. The van der Waals surface area contributed by atoms with Gasteiger partial charge in [-0.3, -0.25) is 0 Å². The van der Waals surface area contributed by atoms with E-state index in [2.05, 4.69) is 4.72 Å². The van der Waals surface area contributed by atoms with Crippen LogP contribution in [0.3, 0.4) is 0 Å². The summed E-state index contributed by atoms with van der Waals surface area (Å²) in [7, 11) is 0.479. The fraction of sp³-hybridized carbons (Fsp3) is 0.333. The summed E-state index contributed by atoms with van der Waals surface area (Å²) in [4.78, 5) is 2.36. The van der Waals surface area contributed by atoms with Crippen LogP contribution in [-0.4, -0.2) is 28.6 Å². The Morgan fingerprint density at radius 3 is 2.35 bits per heavy atom. The van der Waals surface area contributed by atoms with Gasteiger partial charge in [-0.25, -0.2) is 13.1 Å². The molecule has 0 unspecified atom stereocenters. The van der Waals surface area contributed by atoms with Crippen molar-refractivity contribution in [2.24, 2.45) is 0 Å². The predicted molar refractivity (Wildman–Crippen MR) is 81.6 cm³/mol. The molecule has 3 rings (SSSR count). The Bertz CT molecular complexity index is 750. The summed E-state index contributed by atoms with van der Waals surface area (Å²) in [6.45, 7) is 0. The molecule has 0 radical (unpaired) electrons. The van der Waals surface area contributed by atoms with Gasteiger partial charge in [0.1, 0.15) is 0 Å². The number of nitrogens with zero attached hydrogens (tertiary/aromatic N) is 1. The summed E-state index contributed by atoms with van der Waals surface area (Å²) >= 11 is 0. The largest absolute Gasteiger partial charge is 0.377 e. The van der Waals surface area contributed by atoms with Crippen LogP contribution in [0.4, 0.5) is 5.69 Å². The molecular weight excluding hydrogens is 272 g/mol. The van der Waals surface area contributed by atoms with Crippen LogP contribution in [0.25, 0.3) is 10.8 Å². The molecule has 0 amide bonds. The van der Waals surface area contributed by atoms with Crippen LogP contribution in [0.1, 0.15) is 12.8 Å². The van der Waals surface area contributed by atoms with E-state index < -0.39 is 10.0 Å². The highest BCUT2D eigenvalue weighted by Gasteiger charge is 2.28. The molecule has 0 aliphatic heterocycles. The predicted octanol–water partition coefficient (Wildman–Crippen LogP) is 2.35. The molecule has 2 aromatic rings. The van der Waals surface area contributed by atoms with Gasteiger partial charge in [0.2, 0.25) is 10.0 Å². The van der Waals surface area contributed by atoms with Crippen molar-refractivity contribution >= 4 is 26.5 Å². The normalized spacial score (nSPS) is 15.5. The Kier molecular flexibility index (Phi) is 3.18. The van der Waals surface area contributed by atoms with Crippen LogP contribution in [0, 0.1) is 0 Å². The zero-order valence-electron chi connectivity index (χ0n) is 11.6. The van der Waals surface area contributed by atoms with Crippen molar-refractivity contribution in [2.45, 2.75) is 23.8 Å². The Morgan fingerprint density at radius 2 is 1.70 bits per heavy atom. The highest BCUT2D eigenvalue weighted by molar-refractivity contribution is 7.89. The Balaban J connectivity index is 2.19. The molecule has 20 heavy (non-hydrogen) atoms.